The van der Waals surface area contributed by atoms with E-state index in [2.05, 4.69) is 34.6 Å². The van der Waals surface area contributed by atoms with E-state index in [-0.39, 0.29) is 31.1 Å². The molecule has 0 saturated carbocycles. The fraction of sp³-hybridized carbons (Fsp3) is 0.943. The lowest BCUT2D eigenvalue weighted by molar-refractivity contribution is -0.167. The Morgan fingerprint density at radius 1 is 0.339 bits per heavy atom. The molecule has 0 rings (SSSR count). The Hall–Kier alpha value is -1.59. The standard InChI is InChI=1S/C53H102O6/c1-6-9-10-11-12-13-14-17-21-24-27-33-38-43-51(54)57-46-50(59-53(56)45-40-35-30-29-32-37-42-49(5)8-3)47-58-52(55)44-39-34-28-25-22-19-16-15-18-20-23-26-31-36-41-48(4)7-2/h48-50H,6-47H2,1-5H3/t48?,49?,50-/m0/s1. The molecule has 0 fully saturated rings. The van der Waals surface area contributed by atoms with Gasteiger partial charge >= 0.3 is 17.9 Å². The Morgan fingerprint density at radius 3 is 0.881 bits per heavy atom. The van der Waals surface area contributed by atoms with Crippen LogP contribution in [0.4, 0.5) is 0 Å². The Kier molecular flexibility index (Phi) is 44.7. The van der Waals surface area contributed by atoms with Crippen molar-refractivity contribution in [3.05, 3.63) is 0 Å². The molecule has 6 nitrogen and oxygen atoms in total. The van der Waals surface area contributed by atoms with Gasteiger partial charge in [0, 0.05) is 19.3 Å². The van der Waals surface area contributed by atoms with Crippen molar-refractivity contribution in [2.45, 2.75) is 298 Å². The zero-order chi connectivity index (χ0) is 43.3. The van der Waals surface area contributed by atoms with Crippen molar-refractivity contribution in [2.24, 2.45) is 11.8 Å². The van der Waals surface area contributed by atoms with Gasteiger partial charge in [-0.05, 0) is 31.1 Å². The first-order chi connectivity index (χ1) is 28.8. The largest absolute Gasteiger partial charge is 0.462 e. The predicted octanol–water partition coefficient (Wildman–Crippen LogP) is 16.9. The highest BCUT2D eigenvalue weighted by atomic mass is 16.6. The molecule has 0 radical (unpaired) electrons. The minimum Gasteiger partial charge on any atom is -0.462 e. The van der Waals surface area contributed by atoms with Crippen LogP contribution in [0.15, 0.2) is 0 Å². The molecule has 0 spiro atoms. The summed E-state index contributed by atoms with van der Waals surface area (Å²) < 4.78 is 16.8. The average molecular weight is 835 g/mol. The van der Waals surface area contributed by atoms with Crippen LogP contribution in [0.2, 0.25) is 0 Å². The molecule has 3 atom stereocenters. The van der Waals surface area contributed by atoms with Gasteiger partial charge in [0.15, 0.2) is 6.10 Å². The van der Waals surface area contributed by atoms with Gasteiger partial charge in [-0.15, -0.1) is 0 Å². The van der Waals surface area contributed by atoms with Crippen molar-refractivity contribution in [3.63, 3.8) is 0 Å². The molecule has 0 aliphatic heterocycles. The van der Waals surface area contributed by atoms with E-state index >= 15 is 0 Å². The monoisotopic (exact) mass is 835 g/mol. The maximum atomic E-state index is 12.7. The Balaban J connectivity index is 4.26. The van der Waals surface area contributed by atoms with Crippen LogP contribution in [0.3, 0.4) is 0 Å². The van der Waals surface area contributed by atoms with E-state index in [0.717, 1.165) is 69.6 Å². The summed E-state index contributed by atoms with van der Waals surface area (Å²) in [4.78, 5) is 37.9. The first-order valence-electron chi connectivity index (χ1n) is 26.3. The molecule has 6 heteroatoms. The van der Waals surface area contributed by atoms with Gasteiger partial charge in [-0.3, -0.25) is 14.4 Å². The van der Waals surface area contributed by atoms with Crippen LogP contribution in [0.5, 0.6) is 0 Å². The minimum atomic E-state index is -0.762. The normalized spacial score (nSPS) is 13.0. The highest BCUT2D eigenvalue weighted by Gasteiger charge is 2.19. The minimum absolute atomic E-state index is 0.0645. The van der Waals surface area contributed by atoms with Crippen LogP contribution < -0.4 is 0 Å². The van der Waals surface area contributed by atoms with E-state index in [1.165, 1.54) is 180 Å². The van der Waals surface area contributed by atoms with Crippen molar-refractivity contribution in [2.75, 3.05) is 13.2 Å². The molecule has 0 aromatic heterocycles. The Bertz CT molecular complexity index is 904. The summed E-state index contributed by atoms with van der Waals surface area (Å²) in [6.45, 7) is 11.4. The number of hydrogen-bond acceptors (Lipinski definition) is 6. The lowest BCUT2D eigenvalue weighted by Gasteiger charge is -2.18. The summed E-state index contributed by atoms with van der Waals surface area (Å²) in [6, 6.07) is 0. The van der Waals surface area contributed by atoms with Gasteiger partial charge in [-0.25, -0.2) is 0 Å². The van der Waals surface area contributed by atoms with Gasteiger partial charge in [0.25, 0.3) is 0 Å². The smallest absolute Gasteiger partial charge is 0.306 e. The predicted molar refractivity (Wildman–Crippen MR) is 252 cm³/mol. The quantitative estimate of drug-likeness (QED) is 0.0345. The van der Waals surface area contributed by atoms with Crippen LogP contribution >= 0.6 is 0 Å². The summed E-state index contributed by atoms with van der Waals surface area (Å²) in [5.41, 5.74) is 0. The number of esters is 3. The van der Waals surface area contributed by atoms with E-state index in [1.54, 1.807) is 0 Å². The van der Waals surface area contributed by atoms with Crippen molar-refractivity contribution in [1.82, 2.24) is 0 Å². The van der Waals surface area contributed by atoms with Gasteiger partial charge in [-0.1, -0.05) is 253 Å². The van der Waals surface area contributed by atoms with Crippen molar-refractivity contribution < 1.29 is 28.6 Å². The molecule has 0 aromatic rings. The molecule has 2 unspecified atom stereocenters. The van der Waals surface area contributed by atoms with Crippen LogP contribution in [0.25, 0.3) is 0 Å². The van der Waals surface area contributed by atoms with Crippen LogP contribution in [-0.4, -0.2) is 37.2 Å². The highest BCUT2D eigenvalue weighted by molar-refractivity contribution is 5.71. The van der Waals surface area contributed by atoms with Crippen molar-refractivity contribution in [1.29, 1.82) is 0 Å². The van der Waals surface area contributed by atoms with Gasteiger partial charge < -0.3 is 14.2 Å². The summed E-state index contributed by atoms with van der Waals surface area (Å²) in [5.74, 6) is 0.855. The Labute approximate surface area is 368 Å². The molecule has 0 aromatic carbocycles. The second-order valence-corrected chi connectivity index (χ2v) is 18.6. The molecule has 0 aliphatic rings. The van der Waals surface area contributed by atoms with Gasteiger partial charge in [0.2, 0.25) is 0 Å². The fourth-order valence-corrected chi connectivity index (χ4v) is 7.93. The summed E-state index contributed by atoms with van der Waals surface area (Å²) in [5, 5.41) is 0. The summed E-state index contributed by atoms with van der Waals surface area (Å²) in [6.07, 6.45) is 46.5. The van der Waals surface area contributed by atoms with Crippen molar-refractivity contribution >= 4 is 17.9 Å². The molecule has 0 heterocycles. The zero-order valence-corrected chi connectivity index (χ0v) is 40.4. The molecular weight excluding hydrogens is 733 g/mol. The third kappa shape index (κ3) is 44.3. The van der Waals surface area contributed by atoms with E-state index in [0.29, 0.717) is 19.3 Å². The zero-order valence-electron chi connectivity index (χ0n) is 40.4. The summed E-state index contributed by atoms with van der Waals surface area (Å²) >= 11 is 0. The van der Waals surface area contributed by atoms with Gasteiger partial charge in [0.05, 0.1) is 0 Å². The second-order valence-electron chi connectivity index (χ2n) is 18.6. The third-order valence-electron chi connectivity index (χ3n) is 12.7. The number of carbonyl (C=O) groups is 3. The molecule has 350 valence electrons. The lowest BCUT2D eigenvalue weighted by atomic mass is 9.99. The molecule has 0 N–H and O–H groups in total. The number of hydrogen-bond donors (Lipinski definition) is 0. The highest BCUT2D eigenvalue weighted by Crippen LogP contribution is 2.18. The lowest BCUT2D eigenvalue weighted by Crippen LogP contribution is -2.30. The van der Waals surface area contributed by atoms with Crippen LogP contribution in [0, 0.1) is 11.8 Å². The van der Waals surface area contributed by atoms with E-state index in [9.17, 15) is 14.4 Å². The number of rotatable bonds is 47. The first kappa shape index (κ1) is 57.4. The maximum absolute atomic E-state index is 12.7. The molecule has 0 saturated heterocycles. The molecule has 59 heavy (non-hydrogen) atoms. The maximum Gasteiger partial charge on any atom is 0.306 e. The summed E-state index contributed by atoms with van der Waals surface area (Å²) in [7, 11) is 0. The van der Waals surface area contributed by atoms with E-state index in [4.69, 9.17) is 14.2 Å². The number of unbranched alkanes of at least 4 members (excludes halogenated alkanes) is 30. The SMILES string of the molecule is CCCCCCCCCCCCCCCC(=O)OC[C@@H](COC(=O)CCCCCCCCCCCCCCCCC(C)CC)OC(=O)CCCCCCCCC(C)CC. The third-order valence-corrected chi connectivity index (χ3v) is 12.7. The van der Waals surface area contributed by atoms with Crippen molar-refractivity contribution in [3.8, 4) is 0 Å². The van der Waals surface area contributed by atoms with Crippen LogP contribution in [0.1, 0.15) is 291 Å². The second kappa shape index (κ2) is 45.9. The Morgan fingerprint density at radius 2 is 0.593 bits per heavy atom. The average Bonchev–Trinajstić information content (AvgIpc) is 3.23. The molecule has 0 bridgehead atoms. The van der Waals surface area contributed by atoms with E-state index in [1.807, 2.05) is 0 Å². The van der Waals surface area contributed by atoms with Gasteiger partial charge in [0.1, 0.15) is 13.2 Å². The molecule has 0 aliphatic carbocycles. The van der Waals surface area contributed by atoms with E-state index < -0.39 is 6.10 Å². The van der Waals surface area contributed by atoms with Crippen LogP contribution in [-0.2, 0) is 28.6 Å². The molecular formula is C53H102O6. The van der Waals surface area contributed by atoms with Gasteiger partial charge in [-0.2, -0.15) is 0 Å². The first-order valence-corrected chi connectivity index (χ1v) is 26.3. The molecule has 0 amide bonds. The fourth-order valence-electron chi connectivity index (χ4n) is 7.93. The topological polar surface area (TPSA) is 78.9 Å². The number of carbonyl (C=O) groups excluding carboxylic acids is 3. The number of ether oxygens (including phenoxy) is 3.